The molecule has 1 aliphatic rings. The normalized spacial score (nSPS) is 23.7. The van der Waals surface area contributed by atoms with Crippen LogP contribution in [-0.2, 0) is 4.79 Å². The number of rotatable bonds is 5. The Bertz CT molecular complexity index is 230. The summed E-state index contributed by atoms with van der Waals surface area (Å²) in [6.45, 7) is 9.79. The first kappa shape index (κ1) is 13.5. The monoisotopic (exact) mass is 227 g/mol. The van der Waals surface area contributed by atoms with Gasteiger partial charge in [-0.15, -0.1) is 0 Å². The van der Waals surface area contributed by atoms with Crippen LogP contribution in [0.4, 0.5) is 0 Å². The summed E-state index contributed by atoms with van der Waals surface area (Å²) in [7, 11) is 0. The minimum absolute atomic E-state index is 0.0670. The van der Waals surface area contributed by atoms with Crippen molar-refractivity contribution in [3.8, 4) is 0 Å². The molecule has 0 aromatic heterocycles. The highest BCUT2D eigenvalue weighted by Gasteiger charge is 2.24. The molecule has 1 saturated heterocycles. The second-order valence-electron chi connectivity index (χ2n) is 5.13. The van der Waals surface area contributed by atoms with Crippen LogP contribution in [0.2, 0.25) is 0 Å². The molecule has 1 amide bonds. The average molecular weight is 227 g/mol. The van der Waals surface area contributed by atoms with Gasteiger partial charge in [-0.1, -0.05) is 6.92 Å². The Balaban J connectivity index is 2.22. The molecule has 0 radical (unpaired) electrons. The summed E-state index contributed by atoms with van der Waals surface area (Å²) in [6, 6.07) is 0.615. The molecule has 0 spiro atoms. The fraction of sp³-hybridized carbons (Fsp3) is 0.917. The third kappa shape index (κ3) is 3.76. The van der Waals surface area contributed by atoms with Crippen molar-refractivity contribution in [1.82, 2.24) is 10.2 Å². The van der Waals surface area contributed by atoms with Crippen LogP contribution in [-0.4, -0.2) is 43.0 Å². The zero-order valence-electron chi connectivity index (χ0n) is 10.7. The largest absolute Gasteiger partial charge is 0.356 e. The third-order valence-electron chi connectivity index (χ3n) is 3.41. The summed E-state index contributed by atoms with van der Waals surface area (Å²) >= 11 is 0. The predicted molar refractivity (Wildman–Crippen MR) is 66.0 cm³/mol. The van der Waals surface area contributed by atoms with E-state index in [1.807, 2.05) is 6.92 Å². The number of amides is 1. The zero-order valence-corrected chi connectivity index (χ0v) is 10.7. The molecule has 1 rings (SSSR count). The van der Waals surface area contributed by atoms with E-state index in [1.165, 1.54) is 6.42 Å². The van der Waals surface area contributed by atoms with Crippen molar-refractivity contribution in [2.45, 2.75) is 33.2 Å². The maximum atomic E-state index is 11.5. The fourth-order valence-electron chi connectivity index (χ4n) is 2.02. The van der Waals surface area contributed by atoms with E-state index in [4.69, 9.17) is 5.73 Å². The van der Waals surface area contributed by atoms with Crippen molar-refractivity contribution >= 4 is 5.91 Å². The van der Waals surface area contributed by atoms with Crippen LogP contribution in [0.5, 0.6) is 0 Å². The number of nitrogens with one attached hydrogen (secondary N) is 1. The van der Waals surface area contributed by atoms with E-state index >= 15 is 0 Å². The van der Waals surface area contributed by atoms with Crippen molar-refractivity contribution < 1.29 is 4.79 Å². The zero-order chi connectivity index (χ0) is 12.1. The lowest BCUT2D eigenvalue weighted by Crippen LogP contribution is -2.37. The van der Waals surface area contributed by atoms with E-state index < -0.39 is 0 Å². The molecule has 0 aromatic rings. The van der Waals surface area contributed by atoms with Gasteiger partial charge in [-0.05, 0) is 32.7 Å². The summed E-state index contributed by atoms with van der Waals surface area (Å²) in [6.07, 6.45) is 1.19. The minimum atomic E-state index is -0.0670. The molecule has 1 heterocycles. The molecule has 4 nitrogen and oxygen atoms in total. The van der Waals surface area contributed by atoms with E-state index in [1.54, 1.807) is 0 Å². The van der Waals surface area contributed by atoms with Gasteiger partial charge in [0.1, 0.15) is 0 Å². The number of carbonyl (C=O) groups is 1. The molecule has 1 fully saturated rings. The van der Waals surface area contributed by atoms with Gasteiger partial charge >= 0.3 is 0 Å². The standard InChI is InChI=1S/C12H25N3O/c1-9(2)15-5-4-11(8-15)7-14-12(16)10(3)6-13/h9-11H,4-8,13H2,1-3H3,(H,14,16). The van der Waals surface area contributed by atoms with Crippen LogP contribution >= 0.6 is 0 Å². The van der Waals surface area contributed by atoms with Crippen LogP contribution in [0.25, 0.3) is 0 Å². The van der Waals surface area contributed by atoms with Gasteiger partial charge in [-0.3, -0.25) is 4.79 Å². The predicted octanol–water partition coefficient (Wildman–Crippen LogP) is 0.428. The topological polar surface area (TPSA) is 58.4 Å². The molecule has 16 heavy (non-hydrogen) atoms. The molecular formula is C12H25N3O. The molecule has 0 aromatic carbocycles. The Morgan fingerprint density at radius 3 is 2.69 bits per heavy atom. The molecule has 2 unspecified atom stereocenters. The van der Waals surface area contributed by atoms with Crippen molar-refractivity contribution in [2.24, 2.45) is 17.6 Å². The second-order valence-corrected chi connectivity index (χ2v) is 5.13. The number of nitrogens with two attached hydrogens (primary N) is 1. The Kier molecular flexibility index (Phi) is 5.22. The van der Waals surface area contributed by atoms with Gasteiger partial charge in [0.2, 0.25) is 5.91 Å². The quantitative estimate of drug-likeness (QED) is 0.716. The molecule has 1 aliphatic heterocycles. The van der Waals surface area contributed by atoms with Crippen LogP contribution in [0, 0.1) is 11.8 Å². The van der Waals surface area contributed by atoms with Gasteiger partial charge in [0, 0.05) is 31.6 Å². The lowest BCUT2D eigenvalue weighted by Gasteiger charge is -2.20. The number of nitrogens with zero attached hydrogens (tertiary/aromatic N) is 1. The number of carbonyl (C=O) groups excluding carboxylic acids is 1. The van der Waals surface area contributed by atoms with Gasteiger partial charge in [0.15, 0.2) is 0 Å². The maximum absolute atomic E-state index is 11.5. The SMILES string of the molecule is CC(CN)C(=O)NCC1CCN(C(C)C)C1. The Morgan fingerprint density at radius 2 is 2.19 bits per heavy atom. The summed E-state index contributed by atoms with van der Waals surface area (Å²) in [5.74, 6) is 0.629. The molecule has 94 valence electrons. The van der Waals surface area contributed by atoms with Crippen molar-refractivity contribution in [1.29, 1.82) is 0 Å². The summed E-state index contributed by atoms with van der Waals surface area (Å²) in [5.41, 5.74) is 5.45. The van der Waals surface area contributed by atoms with Crippen molar-refractivity contribution in [2.75, 3.05) is 26.2 Å². The summed E-state index contributed by atoms with van der Waals surface area (Å²) < 4.78 is 0. The number of likely N-dealkylation sites (tertiary alicyclic amines) is 1. The molecule has 0 aliphatic carbocycles. The fourth-order valence-corrected chi connectivity index (χ4v) is 2.02. The van der Waals surface area contributed by atoms with E-state index in [0.717, 1.165) is 19.6 Å². The Morgan fingerprint density at radius 1 is 1.50 bits per heavy atom. The van der Waals surface area contributed by atoms with Gasteiger partial charge < -0.3 is 16.0 Å². The van der Waals surface area contributed by atoms with Crippen LogP contribution in [0.3, 0.4) is 0 Å². The summed E-state index contributed by atoms with van der Waals surface area (Å²) in [5, 5.41) is 2.99. The number of hydrogen-bond acceptors (Lipinski definition) is 3. The lowest BCUT2D eigenvalue weighted by molar-refractivity contribution is -0.124. The van der Waals surface area contributed by atoms with Crippen molar-refractivity contribution in [3.05, 3.63) is 0 Å². The summed E-state index contributed by atoms with van der Waals surface area (Å²) in [4.78, 5) is 14.0. The maximum Gasteiger partial charge on any atom is 0.224 e. The molecule has 0 bridgehead atoms. The smallest absolute Gasteiger partial charge is 0.224 e. The van der Waals surface area contributed by atoms with Crippen LogP contribution in [0.15, 0.2) is 0 Å². The first-order chi connectivity index (χ1) is 7.54. The van der Waals surface area contributed by atoms with Crippen molar-refractivity contribution in [3.63, 3.8) is 0 Å². The molecule has 0 saturated carbocycles. The Labute approximate surface area is 98.6 Å². The number of hydrogen-bond donors (Lipinski definition) is 2. The highest BCUT2D eigenvalue weighted by Crippen LogP contribution is 2.17. The Hall–Kier alpha value is -0.610. The van der Waals surface area contributed by atoms with E-state index in [2.05, 4.69) is 24.1 Å². The van der Waals surface area contributed by atoms with Gasteiger partial charge in [-0.2, -0.15) is 0 Å². The van der Waals surface area contributed by atoms with Gasteiger partial charge in [0.05, 0.1) is 0 Å². The van der Waals surface area contributed by atoms with Crippen LogP contribution in [0.1, 0.15) is 27.2 Å². The van der Waals surface area contributed by atoms with Gasteiger partial charge in [0.25, 0.3) is 0 Å². The molecule has 3 N–H and O–H groups in total. The van der Waals surface area contributed by atoms with Gasteiger partial charge in [-0.25, -0.2) is 0 Å². The van der Waals surface area contributed by atoms with E-state index in [0.29, 0.717) is 18.5 Å². The average Bonchev–Trinajstić information content (AvgIpc) is 2.73. The molecule has 4 heteroatoms. The first-order valence-electron chi connectivity index (χ1n) is 6.26. The molecule has 2 atom stereocenters. The first-order valence-corrected chi connectivity index (χ1v) is 6.26. The van der Waals surface area contributed by atoms with Crippen LogP contribution < -0.4 is 11.1 Å². The lowest BCUT2D eigenvalue weighted by atomic mass is 10.1. The highest BCUT2D eigenvalue weighted by molar-refractivity contribution is 5.78. The third-order valence-corrected chi connectivity index (χ3v) is 3.41. The van der Waals surface area contributed by atoms with E-state index in [9.17, 15) is 4.79 Å². The molecular weight excluding hydrogens is 202 g/mol. The second kappa shape index (κ2) is 6.21. The van der Waals surface area contributed by atoms with E-state index in [-0.39, 0.29) is 11.8 Å². The highest BCUT2D eigenvalue weighted by atomic mass is 16.1. The minimum Gasteiger partial charge on any atom is -0.356 e.